The number of carboxylic acids is 1. The predicted octanol–water partition coefficient (Wildman–Crippen LogP) is -0.926. The van der Waals surface area contributed by atoms with E-state index in [4.69, 9.17) is 15.9 Å². The number of thioether (sulfide) groups is 1. The van der Waals surface area contributed by atoms with Crippen molar-refractivity contribution in [2.75, 3.05) is 18.9 Å². The van der Waals surface area contributed by atoms with Gasteiger partial charge in [-0.05, 0) is 0 Å². The van der Waals surface area contributed by atoms with Gasteiger partial charge in [0.2, 0.25) is 0 Å². The van der Waals surface area contributed by atoms with Crippen molar-refractivity contribution in [3.63, 3.8) is 0 Å². The third kappa shape index (κ3) is 3.94. The summed E-state index contributed by atoms with van der Waals surface area (Å²) < 4.78 is 4.90. The molecule has 0 saturated carbocycles. The number of nitrogens with one attached hydrogen (secondary N) is 2. The van der Waals surface area contributed by atoms with Gasteiger partial charge in [-0.15, -0.1) is 23.1 Å². The molecule has 0 radical (unpaired) electrons. The van der Waals surface area contributed by atoms with Crippen LogP contribution >= 0.6 is 23.1 Å². The Balaban J connectivity index is 1.64. The number of esters is 1. The summed E-state index contributed by atoms with van der Waals surface area (Å²) in [4.78, 5) is 67.0. The summed E-state index contributed by atoms with van der Waals surface area (Å²) in [5.41, 5.74) is 7.45. The fraction of sp³-hybridized carbons (Fsp3) is 0.389. The molecule has 3 aliphatic heterocycles. The van der Waals surface area contributed by atoms with E-state index in [1.807, 2.05) is 0 Å². The Morgan fingerprint density at radius 1 is 1.41 bits per heavy atom. The number of aliphatic carboxylic acids is 1. The second-order valence-electron chi connectivity index (χ2n) is 7.45. The number of nitrogens with two attached hydrogens (primary N) is 1. The number of ether oxygens (including phenoxy) is 1. The van der Waals surface area contributed by atoms with Crippen molar-refractivity contribution in [2.24, 2.45) is 5.73 Å². The average Bonchev–Trinajstić information content (AvgIpc) is 3.44. The van der Waals surface area contributed by atoms with E-state index in [-0.39, 0.29) is 30.2 Å². The summed E-state index contributed by atoms with van der Waals surface area (Å²) in [6.45, 7) is 0.822. The molecule has 4 rings (SSSR count). The monoisotopic (exact) mass is 509 g/mol. The van der Waals surface area contributed by atoms with Crippen LogP contribution in [-0.2, 0) is 23.9 Å². The Bertz CT molecular complexity index is 1120. The lowest BCUT2D eigenvalue weighted by molar-refractivity contribution is -0.169. The maximum absolute atomic E-state index is 13.2. The molecule has 1 aromatic rings. The fourth-order valence-corrected chi connectivity index (χ4v) is 5.81. The summed E-state index contributed by atoms with van der Waals surface area (Å²) in [6, 6.07) is -2.52. The SMILES string of the molecule is CC(=O)OCC1=C(C(=O)O)N2C(=O)C(N(C(=O)C(=N)N)N3CC(c4cscn4)NC3=O)[C@@H]2SC1. The van der Waals surface area contributed by atoms with Gasteiger partial charge in [0.05, 0.1) is 23.8 Å². The number of thiazole rings is 1. The van der Waals surface area contributed by atoms with Crippen LogP contribution in [0.1, 0.15) is 18.7 Å². The molecule has 0 aromatic carbocycles. The second-order valence-corrected chi connectivity index (χ2v) is 9.28. The number of amides is 4. The zero-order valence-electron chi connectivity index (χ0n) is 17.6. The minimum Gasteiger partial charge on any atom is -0.477 e. The van der Waals surface area contributed by atoms with Crippen LogP contribution in [0.15, 0.2) is 22.2 Å². The molecule has 0 spiro atoms. The van der Waals surface area contributed by atoms with Crippen LogP contribution in [0.25, 0.3) is 0 Å². The largest absolute Gasteiger partial charge is 0.477 e. The van der Waals surface area contributed by atoms with E-state index in [0.29, 0.717) is 5.69 Å². The van der Waals surface area contributed by atoms with Crippen LogP contribution in [0.4, 0.5) is 4.79 Å². The van der Waals surface area contributed by atoms with Gasteiger partial charge in [-0.2, -0.15) is 0 Å². The van der Waals surface area contributed by atoms with Crippen LogP contribution in [-0.4, -0.2) is 90.9 Å². The zero-order chi connectivity index (χ0) is 24.7. The Hall–Kier alpha value is -3.66. The van der Waals surface area contributed by atoms with Crippen molar-refractivity contribution in [2.45, 2.75) is 24.4 Å². The number of amidine groups is 1. The molecule has 2 saturated heterocycles. The number of carbonyl (C=O) groups excluding carboxylic acids is 4. The first-order valence-corrected chi connectivity index (χ1v) is 11.8. The van der Waals surface area contributed by atoms with E-state index in [1.54, 1.807) is 10.9 Å². The smallest absolute Gasteiger partial charge is 0.352 e. The van der Waals surface area contributed by atoms with Crippen molar-refractivity contribution in [3.05, 3.63) is 27.9 Å². The van der Waals surface area contributed by atoms with Gasteiger partial charge >= 0.3 is 23.9 Å². The number of hydrogen-bond donors (Lipinski definition) is 4. The number of nitrogens with zero attached hydrogens (tertiary/aromatic N) is 4. The van der Waals surface area contributed by atoms with E-state index in [1.165, 1.54) is 18.3 Å². The van der Waals surface area contributed by atoms with E-state index >= 15 is 0 Å². The van der Waals surface area contributed by atoms with Crippen molar-refractivity contribution in [3.8, 4) is 0 Å². The molecule has 3 atom stereocenters. The Morgan fingerprint density at radius 2 is 2.15 bits per heavy atom. The number of hydrazine groups is 1. The molecular weight excluding hydrogens is 490 g/mol. The summed E-state index contributed by atoms with van der Waals surface area (Å²) in [5.74, 6) is -4.62. The van der Waals surface area contributed by atoms with Gasteiger partial charge in [-0.3, -0.25) is 24.7 Å². The first-order chi connectivity index (χ1) is 16.1. The lowest BCUT2D eigenvalue weighted by Crippen LogP contribution is -2.75. The number of carboxylic acid groups (broad SMARTS) is 1. The normalized spacial score (nSPS) is 23.7. The van der Waals surface area contributed by atoms with E-state index in [0.717, 1.165) is 26.7 Å². The zero-order valence-corrected chi connectivity index (χ0v) is 19.2. The van der Waals surface area contributed by atoms with Crippen LogP contribution in [0, 0.1) is 5.41 Å². The van der Waals surface area contributed by atoms with Gasteiger partial charge in [0.25, 0.3) is 5.91 Å². The van der Waals surface area contributed by atoms with Crippen LogP contribution in [0.2, 0.25) is 0 Å². The number of urea groups is 1. The second kappa shape index (κ2) is 8.94. The van der Waals surface area contributed by atoms with Gasteiger partial charge in [-0.1, -0.05) is 0 Å². The van der Waals surface area contributed by atoms with Crippen molar-refractivity contribution in [1.29, 1.82) is 5.41 Å². The quantitative estimate of drug-likeness (QED) is 0.161. The van der Waals surface area contributed by atoms with Crippen molar-refractivity contribution < 1.29 is 33.8 Å². The van der Waals surface area contributed by atoms with Gasteiger partial charge in [0.1, 0.15) is 17.7 Å². The van der Waals surface area contributed by atoms with Crippen LogP contribution in [0.3, 0.4) is 0 Å². The van der Waals surface area contributed by atoms with Gasteiger partial charge in [0, 0.05) is 23.6 Å². The highest BCUT2D eigenvalue weighted by molar-refractivity contribution is 8.00. The maximum atomic E-state index is 13.2. The van der Waals surface area contributed by atoms with Crippen LogP contribution in [0.5, 0.6) is 0 Å². The molecule has 180 valence electrons. The van der Waals surface area contributed by atoms with Gasteiger partial charge in [0.15, 0.2) is 11.9 Å². The molecule has 1 aromatic heterocycles. The predicted molar refractivity (Wildman–Crippen MR) is 117 cm³/mol. The molecule has 3 aliphatic rings. The molecule has 4 heterocycles. The summed E-state index contributed by atoms with van der Waals surface area (Å²) in [5, 5.41) is 22.7. The standard InChI is InChI=1S/C18H19N7O7S2/c1-7(26)32-3-8-4-34-16-12(14(27)24(16)11(8)17(29)30)25(15(28)13(19)20)23-2-9(22-18(23)31)10-5-33-6-21-10/h5-6,9,12,16H,2-4H2,1H3,(H3,19,20)(H,22,31)(H,29,30)/t9?,12?,16-/m0/s1. The first kappa shape index (κ1) is 23.5. The van der Waals surface area contributed by atoms with E-state index < -0.39 is 53.1 Å². The summed E-state index contributed by atoms with van der Waals surface area (Å²) >= 11 is 2.46. The lowest BCUT2D eigenvalue weighted by atomic mass is 10.0. The maximum Gasteiger partial charge on any atom is 0.352 e. The van der Waals surface area contributed by atoms with E-state index in [9.17, 15) is 29.1 Å². The summed E-state index contributed by atoms with van der Waals surface area (Å²) in [6.07, 6.45) is 0. The Kier molecular flexibility index (Phi) is 6.18. The molecule has 34 heavy (non-hydrogen) atoms. The Morgan fingerprint density at radius 3 is 2.74 bits per heavy atom. The van der Waals surface area contributed by atoms with Gasteiger partial charge in [-0.25, -0.2) is 24.6 Å². The number of rotatable bonds is 6. The minimum atomic E-state index is -1.40. The number of carbonyl (C=O) groups is 5. The number of aromatic nitrogens is 1. The number of fused-ring (bicyclic) bond motifs is 1. The number of β-lactam (4-membered cyclic amide) rings is 1. The Labute approximate surface area is 200 Å². The fourth-order valence-electron chi connectivity index (χ4n) is 3.84. The molecule has 0 bridgehead atoms. The highest BCUT2D eigenvalue weighted by Gasteiger charge is 2.59. The van der Waals surface area contributed by atoms with Crippen molar-refractivity contribution >= 4 is 58.7 Å². The molecule has 0 aliphatic carbocycles. The van der Waals surface area contributed by atoms with Crippen molar-refractivity contribution in [1.82, 2.24) is 25.2 Å². The third-order valence-corrected chi connectivity index (χ3v) is 7.26. The molecule has 4 amide bonds. The minimum absolute atomic E-state index is 0.0535. The average molecular weight is 510 g/mol. The van der Waals surface area contributed by atoms with Gasteiger partial charge < -0.3 is 20.9 Å². The molecule has 16 heteroatoms. The third-order valence-electron chi connectivity index (χ3n) is 5.33. The molecule has 5 N–H and O–H groups in total. The topological polar surface area (TPSA) is 199 Å². The van der Waals surface area contributed by atoms with E-state index in [2.05, 4.69) is 10.3 Å². The summed E-state index contributed by atoms with van der Waals surface area (Å²) in [7, 11) is 0. The highest BCUT2D eigenvalue weighted by Crippen LogP contribution is 2.43. The molecular formula is C18H19N7O7S2. The number of hydrogen-bond acceptors (Lipinski definition) is 10. The van der Waals surface area contributed by atoms with Crippen LogP contribution < -0.4 is 11.1 Å². The molecule has 2 unspecified atom stereocenters. The lowest BCUT2D eigenvalue weighted by Gasteiger charge is -2.53. The first-order valence-electron chi connectivity index (χ1n) is 9.78. The highest BCUT2D eigenvalue weighted by atomic mass is 32.2. The molecule has 14 nitrogen and oxygen atoms in total. The molecule has 2 fully saturated rings.